The van der Waals surface area contributed by atoms with Gasteiger partial charge in [-0.05, 0) is 82.6 Å². The van der Waals surface area contributed by atoms with Crippen LogP contribution in [-0.4, -0.2) is 88.1 Å². The van der Waals surface area contributed by atoms with Crippen molar-refractivity contribution >= 4 is 76.7 Å². The molecular formula is C46H53N7O7S3. The van der Waals surface area contributed by atoms with Gasteiger partial charge in [-0.25, -0.2) is 23.4 Å². The summed E-state index contributed by atoms with van der Waals surface area (Å²) in [6.07, 6.45) is 8.26. The quantitative estimate of drug-likeness (QED) is 0.117. The van der Waals surface area contributed by atoms with Crippen LogP contribution in [0.5, 0.6) is 11.5 Å². The molecule has 2 aliphatic heterocycles. The number of aromatic nitrogens is 3. The number of hydrogen-bond acceptors (Lipinski definition) is 13. The minimum absolute atomic E-state index is 0.0766. The average molecular weight is 912 g/mol. The van der Waals surface area contributed by atoms with Crippen molar-refractivity contribution in [2.24, 2.45) is 5.92 Å². The summed E-state index contributed by atoms with van der Waals surface area (Å²) >= 11 is 2.97. The van der Waals surface area contributed by atoms with Gasteiger partial charge in [0.1, 0.15) is 45.9 Å². The molecule has 5 heterocycles. The lowest BCUT2D eigenvalue weighted by atomic mass is 10.1. The van der Waals surface area contributed by atoms with Crippen LogP contribution in [0.25, 0.3) is 31.8 Å². The smallest absolute Gasteiger partial charge is 0.259 e. The largest absolute Gasteiger partial charge is 0.496 e. The second kappa shape index (κ2) is 16.8. The number of rotatable bonds is 10. The molecule has 2 aromatic carbocycles. The molecule has 63 heavy (non-hydrogen) atoms. The summed E-state index contributed by atoms with van der Waals surface area (Å²) in [5.41, 5.74) is 2.43. The second-order valence-corrected chi connectivity index (χ2v) is 22.0. The van der Waals surface area contributed by atoms with Gasteiger partial charge in [0.2, 0.25) is 21.8 Å². The summed E-state index contributed by atoms with van der Waals surface area (Å²) in [6.45, 7) is 7.82. The van der Waals surface area contributed by atoms with E-state index < -0.39 is 56.2 Å². The van der Waals surface area contributed by atoms with E-state index in [0.717, 1.165) is 57.6 Å². The highest BCUT2D eigenvalue weighted by atomic mass is 32.2. The van der Waals surface area contributed by atoms with E-state index in [1.165, 1.54) is 22.7 Å². The van der Waals surface area contributed by atoms with Gasteiger partial charge in [0.25, 0.3) is 5.91 Å². The molecule has 3 N–H and O–H groups in total. The molecule has 0 unspecified atom stereocenters. The lowest BCUT2D eigenvalue weighted by molar-refractivity contribution is -0.140. The highest BCUT2D eigenvalue weighted by Crippen LogP contribution is 2.48. The number of sulfonamides is 1. The molecule has 4 aliphatic rings. The van der Waals surface area contributed by atoms with Gasteiger partial charge in [0.05, 0.1) is 39.8 Å². The number of fused-ring (bicyclic) bond motifs is 4. The van der Waals surface area contributed by atoms with Gasteiger partial charge in [-0.3, -0.25) is 19.1 Å². The SMILES string of the molecule is COc1ccc2c(O[C@@H]3C[C@H]4C(=O)N[C@]5(C(=O)NS(=O)(=O)C6(C)CC6)C[C@@H]5/C=C\CCCCC[C@H](Nc5nc6ccccc6s5)C(=O)N4C3)cc(-c3nc(C(C)C)cs3)nc2c1C. The summed E-state index contributed by atoms with van der Waals surface area (Å²) in [6, 6.07) is 11.7. The van der Waals surface area contributed by atoms with Gasteiger partial charge in [-0.15, -0.1) is 11.3 Å². The number of thiazole rings is 2. The number of benzene rings is 2. The molecule has 0 bridgehead atoms. The summed E-state index contributed by atoms with van der Waals surface area (Å²) in [5, 5.41) is 10.6. The normalized spacial score (nSPS) is 25.4. The van der Waals surface area contributed by atoms with Crippen molar-refractivity contribution < 1.29 is 32.3 Å². The first-order chi connectivity index (χ1) is 30.2. The summed E-state index contributed by atoms with van der Waals surface area (Å²) in [5.74, 6) is -0.579. The molecule has 3 amide bonds. The predicted octanol–water partition coefficient (Wildman–Crippen LogP) is 7.63. The molecule has 3 fully saturated rings. The van der Waals surface area contributed by atoms with Crippen LogP contribution >= 0.6 is 22.7 Å². The van der Waals surface area contributed by atoms with Crippen molar-refractivity contribution in [3.8, 4) is 22.2 Å². The van der Waals surface area contributed by atoms with E-state index in [1.54, 1.807) is 18.9 Å². The number of carbonyl (C=O) groups is 3. The van der Waals surface area contributed by atoms with Crippen LogP contribution in [0.4, 0.5) is 5.13 Å². The third kappa shape index (κ3) is 8.39. The van der Waals surface area contributed by atoms with E-state index in [4.69, 9.17) is 24.4 Å². The van der Waals surface area contributed by atoms with Crippen LogP contribution in [-0.2, 0) is 24.4 Å². The number of hydrogen-bond donors (Lipinski definition) is 3. The van der Waals surface area contributed by atoms with Crippen LogP contribution in [0.15, 0.2) is 60.0 Å². The third-order valence-electron chi connectivity index (χ3n) is 13.1. The maximum absolute atomic E-state index is 15.1. The van der Waals surface area contributed by atoms with E-state index in [2.05, 4.69) is 29.2 Å². The Morgan fingerprint density at radius 1 is 1.05 bits per heavy atom. The summed E-state index contributed by atoms with van der Waals surface area (Å²) in [7, 11) is -2.37. The Bertz CT molecular complexity index is 2710. The molecule has 14 nitrogen and oxygen atoms in total. The Balaban J connectivity index is 1.07. The maximum Gasteiger partial charge on any atom is 0.259 e. The monoisotopic (exact) mass is 911 g/mol. The fraction of sp³-hybridized carbons (Fsp3) is 0.478. The van der Waals surface area contributed by atoms with Gasteiger partial charge in [-0.2, -0.15) is 0 Å². The molecule has 3 aromatic heterocycles. The zero-order valence-electron chi connectivity index (χ0n) is 36.1. The molecule has 17 heteroatoms. The fourth-order valence-electron chi connectivity index (χ4n) is 8.69. The zero-order valence-corrected chi connectivity index (χ0v) is 38.6. The number of nitrogens with one attached hydrogen (secondary N) is 3. The highest BCUT2D eigenvalue weighted by Gasteiger charge is 2.63. The molecule has 0 radical (unpaired) electrons. The van der Waals surface area contributed by atoms with Gasteiger partial charge < -0.3 is 25.0 Å². The van der Waals surface area contributed by atoms with E-state index >= 15 is 4.79 Å². The van der Waals surface area contributed by atoms with Crippen molar-refractivity contribution in [3.63, 3.8) is 0 Å². The van der Waals surface area contributed by atoms with Crippen molar-refractivity contribution in [1.29, 1.82) is 0 Å². The highest BCUT2D eigenvalue weighted by molar-refractivity contribution is 7.91. The van der Waals surface area contributed by atoms with Crippen molar-refractivity contribution in [2.45, 2.75) is 120 Å². The van der Waals surface area contributed by atoms with Crippen LogP contribution in [0, 0.1) is 12.8 Å². The number of amides is 3. The molecule has 2 saturated carbocycles. The first kappa shape index (κ1) is 43.1. The molecule has 9 rings (SSSR count). The van der Waals surface area contributed by atoms with Crippen LogP contribution < -0.4 is 24.8 Å². The van der Waals surface area contributed by atoms with E-state index in [-0.39, 0.29) is 31.2 Å². The first-order valence-corrected chi connectivity index (χ1v) is 25.0. The Morgan fingerprint density at radius 2 is 1.86 bits per heavy atom. The van der Waals surface area contributed by atoms with Gasteiger partial charge in [0, 0.05) is 34.7 Å². The minimum Gasteiger partial charge on any atom is -0.496 e. The van der Waals surface area contributed by atoms with Gasteiger partial charge in [0.15, 0.2) is 5.13 Å². The van der Waals surface area contributed by atoms with Crippen LogP contribution in [0.1, 0.15) is 95.7 Å². The number of allylic oxidation sites excluding steroid dienone is 1. The number of ether oxygens (including phenoxy) is 2. The standard InChI is InChI=1S/C46H53N7O7S3/c1-26(2)34-25-61-41(48-34)33-22-37(30-17-18-36(59-5)27(3)39(30)47-33)60-29-21-35-40(54)51-46(43(56)52-63(57,58)45(4)19-20-45)23-28(46)13-9-7-6-8-10-15-32(42(55)53(35)24-29)50-44-49-31-14-11-12-16-38(31)62-44/h9,11-14,16-18,22,25-26,28-29,32,35H,6-8,10,15,19-21,23-24H2,1-5H3,(H,49,50)(H,51,54)(H,52,56)/b13-9-/t28-,29+,32-,35-,46+/m0/s1. The second-order valence-electron chi connectivity index (χ2n) is 17.9. The van der Waals surface area contributed by atoms with E-state index in [0.29, 0.717) is 47.1 Å². The van der Waals surface area contributed by atoms with Crippen LogP contribution in [0.3, 0.4) is 0 Å². The summed E-state index contributed by atoms with van der Waals surface area (Å²) in [4.78, 5) is 60.3. The molecule has 0 spiro atoms. The Kier molecular flexibility index (Phi) is 11.5. The number of methoxy groups -OCH3 is 1. The number of para-hydroxylation sites is 1. The average Bonchev–Trinajstić information content (AvgIpc) is 3.90. The topological polar surface area (TPSA) is 182 Å². The first-order valence-electron chi connectivity index (χ1n) is 21.8. The molecule has 1 saturated heterocycles. The van der Waals surface area contributed by atoms with Crippen LogP contribution in [0.2, 0.25) is 0 Å². The number of anilines is 1. The molecular weight excluding hydrogens is 859 g/mol. The summed E-state index contributed by atoms with van der Waals surface area (Å²) < 4.78 is 41.5. The predicted molar refractivity (Wildman–Crippen MR) is 246 cm³/mol. The van der Waals surface area contributed by atoms with Gasteiger partial charge >= 0.3 is 0 Å². The molecule has 5 aromatic rings. The number of carbonyl (C=O) groups excluding carboxylic acids is 3. The zero-order chi connectivity index (χ0) is 44.3. The number of aryl methyl sites for hydroxylation is 1. The van der Waals surface area contributed by atoms with Crippen molar-refractivity contribution in [3.05, 3.63) is 71.3 Å². The van der Waals surface area contributed by atoms with Crippen molar-refractivity contribution in [2.75, 3.05) is 19.0 Å². The molecule has 332 valence electrons. The Morgan fingerprint density at radius 3 is 2.60 bits per heavy atom. The number of nitrogens with zero attached hydrogens (tertiary/aromatic N) is 4. The molecule has 5 atom stereocenters. The maximum atomic E-state index is 15.1. The number of pyridine rings is 1. The Labute approximate surface area is 375 Å². The van der Waals surface area contributed by atoms with E-state index in [9.17, 15) is 18.0 Å². The lowest BCUT2D eigenvalue weighted by Gasteiger charge is -2.30. The third-order valence-corrected chi connectivity index (χ3v) is 17.1. The van der Waals surface area contributed by atoms with E-state index in [1.807, 2.05) is 66.9 Å². The lowest BCUT2D eigenvalue weighted by Crippen LogP contribution is -2.58. The van der Waals surface area contributed by atoms with Gasteiger partial charge in [-0.1, -0.05) is 62.3 Å². The fourth-order valence-corrected chi connectivity index (χ4v) is 11.9. The Hall–Kier alpha value is -5.13. The minimum atomic E-state index is -3.99. The molecule has 2 aliphatic carbocycles. The van der Waals surface area contributed by atoms with Crippen molar-refractivity contribution in [1.82, 2.24) is 29.9 Å².